The normalized spacial score (nSPS) is 15.9. The van der Waals surface area contributed by atoms with Crippen LogP contribution in [0.15, 0.2) is 30.3 Å². The first kappa shape index (κ1) is 18.1. The Kier molecular flexibility index (Phi) is 8.54. The fourth-order valence-electron chi connectivity index (χ4n) is 2.84. The second-order valence-corrected chi connectivity index (χ2v) is 5.45. The van der Waals surface area contributed by atoms with Gasteiger partial charge in [0.1, 0.15) is 0 Å². The van der Waals surface area contributed by atoms with E-state index in [0.717, 1.165) is 13.0 Å². The summed E-state index contributed by atoms with van der Waals surface area (Å²) in [5.41, 5.74) is 7.71. The fraction of sp³-hybridized carbons (Fsp3) is 0.647. The van der Waals surface area contributed by atoms with Crippen molar-refractivity contribution in [1.82, 2.24) is 4.90 Å². The Labute approximate surface area is 129 Å². The zero-order chi connectivity index (χ0) is 15.7. The molecule has 0 radical (unpaired) electrons. The van der Waals surface area contributed by atoms with Gasteiger partial charge in [-0.05, 0) is 18.9 Å². The molecule has 120 valence electrons. The van der Waals surface area contributed by atoms with Crippen LogP contribution in [0.2, 0.25) is 0 Å². The third kappa shape index (κ3) is 5.40. The first-order chi connectivity index (χ1) is 10.2. The molecule has 1 rings (SSSR count). The molecular formula is C17H30N2O2. The summed E-state index contributed by atoms with van der Waals surface area (Å²) in [6, 6.07) is 10.9. The molecule has 0 aliphatic rings. The fourth-order valence-corrected chi connectivity index (χ4v) is 2.84. The van der Waals surface area contributed by atoms with E-state index in [2.05, 4.69) is 30.9 Å². The Morgan fingerprint density at radius 3 is 2.33 bits per heavy atom. The van der Waals surface area contributed by atoms with Crippen LogP contribution in [0.5, 0.6) is 0 Å². The van der Waals surface area contributed by atoms with Crippen molar-refractivity contribution in [3.8, 4) is 0 Å². The van der Waals surface area contributed by atoms with E-state index in [1.807, 2.05) is 18.2 Å². The molecule has 2 N–H and O–H groups in total. The third-order valence-electron chi connectivity index (χ3n) is 3.97. The Balaban J connectivity index is 2.88. The SMILES string of the molecule is CCC(C(N)c1ccccc1)N(CCOC)C(C)COC. The van der Waals surface area contributed by atoms with Gasteiger partial charge in [-0.3, -0.25) is 4.90 Å². The van der Waals surface area contributed by atoms with Crippen LogP contribution in [0.25, 0.3) is 0 Å². The molecule has 21 heavy (non-hydrogen) atoms. The van der Waals surface area contributed by atoms with Crippen LogP contribution in [0.3, 0.4) is 0 Å². The van der Waals surface area contributed by atoms with Gasteiger partial charge in [0.15, 0.2) is 0 Å². The van der Waals surface area contributed by atoms with Gasteiger partial charge in [0.05, 0.1) is 13.2 Å². The van der Waals surface area contributed by atoms with Crippen molar-refractivity contribution in [3.63, 3.8) is 0 Å². The van der Waals surface area contributed by atoms with Gasteiger partial charge in [-0.25, -0.2) is 0 Å². The predicted molar refractivity (Wildman–Crippen MR) is 87.4 cm³/mol. The molecular weight excluding hydrogens is 264 g/mol. The van der Waals surface area contributed by atoms with E-state index in [1.54, 1.807) is 14.2 Å². The summed E-state index contributed by atoms with van der Waals surface area (Å²) in [4.78, 5) is 2.41. The minimum Gasteiger partial charge on any atom is -0.383 e. The van der Waals surface area contributed by atoms with Crippen LogP contribution in [-0.4, -0.2) is 51.0 Å². The highest BCUT2D eigenvalue weighted by molar-refractivity contribution is 5.20. The van der Waals surface area contributed by atoms with Crippen LogP contribution in [0.4, 0.5) is 0 Å². The molecule has 0 amide bonds. The van der Waals surface area contributed by atoms with E-state index < -0.39 is 0 Å². The molecule has 4 nitrogen and oxygen atoms in total. The zero-order valence-electron chi connectivity index (χ0n) is 13.8. The van der Waals surface area contributed by atoms with Crippen LogP contribution in [-0.2, 0) is 9.47 Å². The average Bonchev–Trinajstić information content (AvgIpc) is 2.52. The van der Waals surface area contributed by atoms with Gasteiger partial charge in [-0.1, -0.05) is 37.3 Å². The van der Waals surface area contributed by atoms with E-state index in [1.165, 1.54) is 5.56 Å². The van der Waals surface area contributed by atoms with E-state index in [4.69, 9.17) is 15.2 Å². The van der Waals surface area contributed by atoms with Crippen LogP contribution in [0.1, 0.15) is 31.9 Å². The quantitative estimate of drug-likeness (QED) is 0.720. The molecule has 0 aromatic heterocycles. The molecule has 1 aromatic carbocycles. The molecule has 0 saturated carbocycles. The second-order valence-electron chi connectivity index (χ2n) is 5.45. The smallest absolute Gasteiger partial charge is 0.0615 e. The topological polar surface area (TPSA) is 47.7 Å². The van der Waals surface area contributed by atoms with E-state index in [-0.39, 0.29) is 12.1 Å². The number of benzene rings is 1. The van der Waals surface area contributed by atoms with Gasteiger partial charge < -0.3 is 15.2 Å². The number of hydrogen-bond donors (Lipinski definition) is 1. The Hall–Kier alpha value is -0.940. The second kappa shape index (κ2) is 9.90. The molecule has 0 aliphatic heterocycles. The van der Waals surface area contributed by atoms with Gasteiger partial charge in [0.25, 0.3) is 0 Å². The summed E-state index contributed by atoms with van der Waals surface area (Å²) < 4.78 is 10.6. The molecule has 0 aliphatic carbocycles. The average molecular weight is 294 g/mol. The Morgan fingerprint density at radius 1 is 1.14 bits per heavy atom. The highest BCUT2D eigenvalue weighted by atomic mass is 16.5. The lowest BCUT2D eigenvalue weighted by Gasteiger charge is -2.39. The standard InChI is InChI=1S/C17H30N2O2/c1-5-16(17(18)15-9-7-6-8-10-15)19(11-12-20-3)14(2)13-21-4/h6-10,14,16-17H,5,11-13,18H2,1-4H3. The zero-order valence-corrected chi connectivity index (χ0v) is 13.8. The lowest BCUT2D eigenvalue weighted by molar-refractivity contribution is 0.0374. The van der Waals surface area contributed by atoms with E-state index in [9.17, 15) is 0 Å². The number of hydrogen-bond acceptors (Lipinski definition) is 4. The monoisotopic (exact) mass is 294 g/mol. The lowest BCUT2D eigenvalue weighted by atomic mass is 9.95. The predicted octanol–water partition coefficient (Wildman–Crippen LogP) is 2.45. The Bertz CT molecular complexity index is 372. The van der Waals surface area contributed by atoms with Gasteiger partial charge in [-0.15, -0.1) is 0 Å². The molecule has 0 saturated heterocycles. The molecule has 3 atom stereocenters. The summed E-state index contributed by atoms with van der Waals surface area (Å²) in [5.74, 6) is 0. The number of rotatable bonds is 10. The maximum Gasteiger partial charge on any atom is 0.0615 e. The van der Waals surface area contributed by atoms with Gasteiger partial charge in [0, 0.05) is 38.9 Å². The van der Waals surface area contributed by atoms with Crippen LogP contribution < -0.4 is 5.73 Å². The number of nitrogens with two attached hydrogens (primary N) is 1. The highest BCUT2D eigenvalue weighted by Crippen LogP contribution is 2.23. The Morgan fingerprint density at radius 2 is 1.81 bits per heavy atom. The maximum atomic E-state index is 6.53. The molecule has 0 heterocycles. The lowest BCUT2D eigenvalue weighted by Crippen LogP contribution is -2.49. The number of nitrogens with zero attached hydrogens (tertiary/aromatic N) is 1. The molecule has 0 spiro atoms. The van der Waals surface area contributed by atoms with Crippen molar-refractivity contribution in [1.29, 1.82) is 0 Å². The van der Waals surface area contributed by atoms with E-state index >= 15 is 0 Å². The first-order valence-electron chi connectivity index (χ1n) is 7.69. The van der Waals surface area contributed by atoms with Gasteiger partial charge >= 0.3 is 0 Å². The van der Waals surface area contributed by atoms with E-state index in [0.29, 0.717) is 19.3 Å². The number of ether oxygens (including phenoxy) is 2. The van der Waals surface area contributed by atoms with Crippen molar-refractivity contribution in [2.45, 2.75) is 38.4 Å². The molecule has 3 unspecified atom stereocenters. The minimum absolute atomic E-state index is 0.00707. The molecule has 1 aromatic rings. The van der Waals surface area contributed by atoms with Crippen molar-refractivity contribution < 1.29 is 9.47 Å². The maximum absolute atomic E-state index is 6.53. The van der Waals surface area contributed by atoms with Crippen LogP contribution in [0, 0.1) is 0 Å². The molecule has 4 heteroatoms. The summed E-state index contributed by atoms with van der Waals surface area (Å²) in [6.45, 7) is 6.63. The van der Waals surface area contributed by atoms with Crippen molar-refractivity contribution in [3.05, 3.63) is 35.9 Å². The van der Waals surface area contributed by atoms with Gasteiger partial charge in [0.2, 0.25) is 0 Å². The van der Waals surface area contributed by atoms with Crippen molar-refractivity contribution in [2.75, 3.05) is 34.0 Å². The number of methoxy groups -OCH3 is 2. The first-order valence-corrected chi connectivity index (χ1v) is 7.69. The third-order valence-corrected chi connectivity index (χ3v) is 3.97. The molecule has 0 bridgehead atoms. The summed E-state index contributed by atoms with van der Waals surface area (Å²) in [7, 11) is 3.47. The van der Waals surface area contributed by atoms with Crippen molar-refractivity contribution in [2.24, 2.45) is 5.73 Å². The minimum atomic E-state index is -0.00707. The van der Waals surface area contributed by atoms with Crippen LogP contribution >= 0.6 is 0 Å². The summed E-state index contributed by atoms with van der Waals surface area (Å²) >= 11 is 0. The largest absolute Gasteiger partial charge is 0.383 e. The van der Waals surface area contributed by atoms with Crippen molar-refractivity contribution >= 4 is 0 Å². The highest BCUT2D eigenvalue weighted by Gasteiger charge is 2.27. The summed E-state index contributed by atoms with van der Waals surface area (Å²) in [5, 5.41) is 0. The molecule has 0 fully saturated rings. The summed E-state index contributed by atoms with van der Waals surface area (Å²) in [6.07, 6.45) is 0.994. The van der Waals surface area contributed by atoms with Gasteiger partial charge in [-0.2, -0.15) is 0 Å².